The van der Waals surface area contributed by atoms with E-state index in [1.54, 1.807) is 0 Å². The molecule has 0 spiro atoms. The van der Waals surface area contributed by atoms with Gasteiger partial charge in [0.15, 0.2) is 0 Å². The maximum Gasteiger partial charge on any atom is 1.00 e. The molecular formula is HF3GdLiLu. The molecule has 0 radical (unpaired) electrons. The van der Waals surface area contributed by atoms with E-state index in [1.165, 1.54) is 0 Å². The second-order valence-electron chi connectivity index (χ2n) is 0.111. The molecule has 0 bridgehead atoms. The fourth-order valence-electron chi connectivity index (χ4n) is 0. The standard InChI is InChI=1S/3FH.Gd.Li.Lu.H/h3*1H;;;;/q;;;;+1;+3;-1/p-3. The Morgan fingerprint density at radius 1 is 1.17 bits per heavy atom. The average Bonchev–Trinajstić information content (AvgIpc) is 0.811. The topological polar surface area (TPSA) is 0 Å². The maximum atomic E-state index is 9.78. The summed E-state index contributed by atoms with van der Waals surface area (Å²) in [5.41, 5.74) is 0. The Bertz CT molecular complexity index is 19.7. The van der Waals surface area contributed by atoms with Crippen LogP contribution in [0.3, 0.4) is 0 Å². The van der Waals surface area contributed by atoms with E-state index in [2.05, 4.69) is 0 Å². The molecule has 0 N–H and O–H groups in total. The van der Waals surface area contributed by atoms with Crippen molar-refractivity contribution in [3.63, 3.8) is 0 Å². The Morgan fingerprint density at radius 3 is 1.17 bits per heavy atom. The molecule has 0 aromatic rings. The molecule has 0 heterocycles. The van der Waals surface area contributed by atoms with Gasteiger partial charge in [0, 0.05) is 39.9 Å². The van der Waals surface area contributed by atoms with Crippen LogP contribution in [-0.2, 0) is 0 Å². The summed E-state index contributed by atoms with van der Waals surface area (Å²) in [5, 5.41) is 0. The molecule has 0 aliphatic rings. The van der Waals surface area contributed by atoms with E-state index in [0.717, 1.165) is 0 Å². The first kappa shape index (κ1) is 16.0. The van der Waals surface area contributed by atoms with Crippen LogP contribution in [0.2, 0.25) is 0 Å². The normalized spacial score (nSPS) is 7.50. The Morgan fingerprint density at radius 2 is 1.17 bits per heavy atom. The van der Waals surface area contributed by atoms with Crippen molar-refractivity contribution in [2.75, 3.05) is 0 Å². The minimum Gasteiger partial charge on any atom is -1.00 e. The zero-order valence-corrected chi connectivity index (χ0v) is 6.67. The summed E-state index contributed by atoms with van der Waals surface area (Å²) in [4.78, 5) is 0. The zero-order chi connectivity index (χ0) is 3.58. The van der Waals surface area contributed by atoms with Crippen LogP contribution in [0.15, 0.2) is 0 Å². The summed E-state index contributed by atoms with van der Waals surface area (Å²) in [7, 11) is 0. The summed E-state index contributed by atoms with van der Waals surface area (Å²) in [6.07, 6.45) is 0. The van der Waals surface area contributed by atoms with Crippen LogP contribution < -0.4 is 18.9 Å². The number of hydrogen-bond acceptors (Lipinski definition) is 0. The summed E-state index contributed by atoms with van der Waals surface area (Å²) in [6.45, 7) is 0. The van der Waals surface area contributed by atoms with Crippen molar-refractivity contribution in [3.05, 3.63) is 0 Å². The zero-order valence-electron chi connectivity index (χ0n) is 3.75. The average molecular weight is 397 g/mol. The molecule has 0 fully saturated rings. The smallest absolute Gasteiger partial charge is 1.00 e. The molecular weight excluding hydrogens is 396 g/mol. The van der Waals surface area contributed by atoms with Gasteiger partial charge in [0.25, 0.3) is 0 Å². The van der Waals surface area contributed by atoms with E-state index >= 15 is 0 Å². The molecule has 46 valence electrons. The van der Waals surface area contributed by atoms with Crippen LogP contribution in [0.5, 0.6) is 0 Å². The van der Waals surface area contributed by atoms with E-state index in [0.29, 0.717) is 0 Å². The van der Waals surface area contributed by atoms with Gasteiger partial charge >= 0.3 is 56.7 Å². The van der Waals surface area contributed by atoms with Crippen molar-refractivity contribution in [2.45, 2.75) is 0 Å². The second kappa shape index (κ2) is 10.8. The molecule has 0 aromatic heterocycles. The van der Waals surface area contributed by atoms with Gasteiger partial charge in [0.1, 0.15) is 0 Å². The van der Waals surface area contributed by atoms with Gasteiger partial charge in [-0.3, -0.25) is 0 Å². The molecule has 0 rings (SSSR count). The van der Waals surface area contributed by atoms with E-state index in [4.69, 9.17) is 0 Å². The maximum absolute atomic E-state index is 9.78. The van der Waals surface area contributed by atoms with Gasteiger partial charge < -0.3 is 1.43 Å². The molecule has 0 saturated heterocycles. The van der Waals surface area contributed by atoms with E-state index in [-0.39, 0.29) is 60.2 Å². The molecule has 0 unspecified atom stereocenters. The van der Waals surface area contributed by atoms with Crippen molar-refractivity contribution in [1.29, 1.82) is 0 Å². The molecule has 6 heavy (non-hydrogen) atoms. The first-order valence-electron chi connectivity index (χ1n) is 0.293. The number of halogens is 3. The number of rotatable bonds is 0. The number of hydrogen-bond donors (Lipinski definition) is 0. The SMILES string of the molecule is [F][Lu]([F])[F].[Gd].[H-].[Li+]. The predicted octanol–water partition coefficient (Wildman–Crippen LogP) is -1.62. The molecule has 0 atom stereocenters. The van der Waals surface area contributed by atoms with Gasteiger partial charge in [-0.2, -0.15) is 0 Å². The van der Waals surface area contributed by atoms with Crippen LogP contribution in [0.1, 0.15) is 1.43 Å². The fraction of sp³-hybridized carbons (Fsp3) is 0. The Balaban J connectivity index is -0.0000000150. The van der Waals surface area contributed by atoms with Gasteiger partial charge in [-0.1, -0.05) is 0 Å². The van der Waals surface area contributed by atoms with Gasteiger partial charge in [-0.05, 0) is 0 Å². The fourth-order valence-corrected chi connectivity index (χ4v) is 0. The predicted molar refractivity (Wildman–Crippen MR) is 4.44 cm³/mol. The third-order valence-electron chi connectivity index (χ3n) is 0. The van der Waals surface area contributed by atoms with Crippen molar-refractivity contribution in [1.82, 2.24) is 0 Å². The molecule has 0 amide bonds. The van der Waals surface area contributed by atoms with E-state index < -0.39 is 33.4 Å². The van der Waals surface area contributed by atoms with Gasteiger partial charge in [0.05, 0.1) is 0 Å². The Hall–Kier alpha value is 2.95. The minimum absolute atomic E-state index is 0. The van der Waals surface area contributed by atoms with Crippen LogP contribution in [0, 0.1) is 73.4 Å². The van der Waals surface area contributed by atoms with Crippen LogP contribution in [0.4, 0.5) is 4.39 Å². The Labute approximate surface area is 95.6 Å². The largest absolute Gasteiger partial charge is 1.00 e. The van der Waals surface area contributed by atoms with Crippen molar-refractivity contribution < 1.29 is 98.0 Å². The molecule has 0 aliphatic heterocycles. The Kier molecular flexibility index (Phi) is 28.9. The molecule has 6 heteroatoms. The quantitative estimate of drug-likeness (QED) is 0.432. The summed E-state index contributed by atoms with van der Waals surface area (Å²) < 4.78 is 29.3. The summed E-state index contributed by atoms with van der Waals surface area (Å²) in [6, 6.07) is 0. The molecule has 0 saturated carbocycles. The summed E-state index contributed by atoms with van der Waals surface area (Å²) in [5.74, 6) is 0. The van der Waals surface area contributed by atoms with Crippen molar-refractivity contribution in [2.24, 2.45) is 0 Å². The minimum atomic E-state index is -4.44. The van der Waals surface area contributed by atoms with Crippen LogP contribution >= 0.6 is 0 Å². The monoisotopic (exact) mass is 398 g/mol. The third-order valence-corrected chi connectivity index (χ3v) is 0. The van der Waals surface area contributed by atoms with Gasteiger partial charge in [0.2, 0.25) is 0 Å². The van der Waals surface area contributed by atoms with Crippen LogP contribution in [0.25, 0.3) is 0 Å². The van der Waals surface area contributed by atoms with Crippen molar-refractivity contribution >= 4 is 0 Å². The third kappa shape index (κ3) is 28.3. The second-order valence-corrected chi connectivity index (χ2v) is 0.821. The summed E-state index contributed by atoms with van der Waals surface area (Å²) >= 11 is -4.44. The van der Waals surface area contributed by atoms with Crippen molar-refractivity contribution in [3.8, 4) is 0 Å². The van der Waals surface area contributed by atoms with E-state index in [1.807, 2.05) is 0 Å². The van der Waals surface area contributed by atoms with Gasteiger partial charge in [-0.25, -0.2) is 0 Å². The van der Waals surface area contributed by atoms with Gasteiger partial charge in [-0.15, -0.1) is 0 Å². The molecule has 0 nitrogen and oxygen atoms in total. The first-order chi connectivity index (χ1) is 1.73. The molecule has 0 aliphatic carbocycles. The first-order valence-corrected chi connectivity index (χ1v) is 2.17. The molecule has 0 aromatic carbocycles. The van der Waals surface area contributed by atoms with E-state index in [9.17, 15) is 4.39 Å². The van der Waals surface area contributed by atoms with Crippen LogP contribution in [-0.4, -0.2) is 0 Å².